The van der Waals surface area contributed by atoms with Gasteiger partial charge in [-0.15, -0.1) is 0 Å². The van der Waals surface area contributed by atoms with Crippen molar-refractivity contribution in [3.8, 4) is 0 Å². The highest BCUT2D eigenvalue weighted by Crippen LogP contribution is 2.38. The summed E-state index contributed by atoms with van der Waals surface area (Å²) in [4.78, 5) is 25.4. The molecule has 8 nitrogen and oxygen atoms in total. The van der Waals surface area contributed by atoms with Crippen LogP contribution in [0.3, 0.4) is 0 Å². The highest BCUT2D eigenvalue weighted by molar-refractivity contribution is 7.45. The topological polar surface area (TPSA) is 108 Å². The van der Waals surface area contributed by atoms with Gasteiger partial charge in [-0.2, -0.15) is 0 Å². The second-order valence-corrected chi connectivity index (χ2v) is 21.3. The van der Waals surface area contributed by atoms with Gasteiger partial charge in [0.2, 0.25) is 5.91 Å². The predicted molar refractivity (Wildman–Crippen MR) is 293 cm³/mol. The van der Waals surface area contributed by atoms with Crippen molar-refractivity contribution in [1.29, 1.82) is 0 Å². The molecule has 0 heterocycles. The maximum atomic E-state index is 12.9. The van der Waals surface area contributed by atoms with E-state index in [1.807, 2.05) is 27.2 Å². The van der Waals surface area contributed by atoms with Crippen molar-refractivity contribution in [3.63, 3.8) is 0 Å². The van der Waals surface area contributed by atoms with Crippen molar-refractivity contribution < 1.29 is 32.9 Å². The number of quaternary nitrogens is 1. The van der Waals surface area contributed by atoms with E-state index in [1.165, 1.54) is 141 Å². The predicted octanol–water partition coefficient (Wildman–Crippen LogP) is 16.2. The van der Waals surface area contributed by atoms with Gasteiger partial charge in [-0.1, -0.05) is 234 Å². The average molecular weight is 971 g/mol. The number of unbranched alkanes of at least 4 members (excludes halogenated alkanes) is 25. The van der Waals surface area contributed by atoms with E-state index in [9.17, 15) is 19.4 Å². The fraction of sp³-hybridized carbons (Fsp3) is 0.746. The molecule has 3 unspecified atom stereocenters. The van der Waals surface area contributed by atoms with Crippen molar-refractivity contribution in [3.05, 3.63) is 85.1 Å². The zero-order valence-corrected chi connectivity index (χ0v) is 45.7. The molecule has 0 aliphatic carbocycles. The Labute approximate surface area is 420 Å². The second-order valence-electron chi connectivity index (χ2n) is 19.9. The lowest BCUT2D eigenvalue weighted by Gasteiger charge is -2.29. The Balaban J connectivity index is 3.99. The number of nitrogens with one attached hydrogen (secondary N) is 1. The third kappa shape index (κ3) is 51.5. The van der Waals surface area contributed by atoms with Crippen LogP contribution in [0, 0.1) is 0 Å². The molecule has 0 aromatic rings. The molecule has 68 heavy (non-hydrogen) atoms. The van der Waals surface area contributed by atoms with Crippen molar-refractivity contribution in [2.75, 3.05) is 40.9 Å². The maximum absolute atomic E-state index is 12.9. The van der Waals surface area contributed by atoms with Crippen molar-refractivity contribution in [1.82, 2.24) is 5.32 Å². The van der Waals surface area contributed by atoms with Crippen molar-refractivity contribution >= 4 is 13.7 Å². The summed E-state index contributed by atoms with van der Waals surface area (Å²) >= 11 is 0. The lowest BCUT2D eigenvalue weighted by atomic mass is 10.0. The molecule has 1 amide bonds. The molecular formula is C59H107N2O6P. The number of phosphoric ester groups is 1. The number of aliphatic hydroxyl groups is 1. The number of aliphatic hydroxyl groups excluding tert-OH is 1. The number of hydrogen-bond donors (Lipinski definition) is 2. The molecule has 0 rings (SSSR count). The lowest BCUT2D eigenvalue weighted by molar-refractivity contribution is -0.870. The summed E-state index contributed by atoms with van der Waals surface area (Å²) in [5.74, 6) is -0.209. The van der Waals surface area contributed by atoms with Crippen LogP contribution >= 0.6 is 7.82 Å². The number of carbonyl (C=O) groups excluding carboxylic acids is 1. The molecule has 0 radical (unpaired) electrons. The lowest BCUT2D eigenvalue weighted by Crippen LogP contribution is -2.45. The van der Waals surface area contributed by atoms with Gasteiger partial charge in [0.15, 0.2) is 0 Å². The van der Waals surface area contributed by atoms with Crippen LogP contribution in [0.5, 0.6) is 0 Å². The monoisotopic (exact) mass is 971 g/mol. The van der Waals surface area contributed by atoms with Gasteiger partial charge in [0.1, 0.15) is 13.2 Å². The Morgan fingerprint density at radius 1 is 0.529 bits per heavy atom. The van der Waals surface area contributed by atoms with Gasteiger partial charge < -0.3 is 28.8 Å². The van der Waals surface area contributed by atoms with E-state index in [0.29, 0.717) is 17.4 Å². The van der Waals surface area contributed by atoms with E-state index >= 15 is 0 Å². The molecule has 0 saturated heterocycles. The Hall–Kier alpha value is -2.32. The quantitative estimate of drug-likeness (QED) is 0.0272. The van der Waals surface area contributed by atoms with E-state index < -0.39 is 26.6 Å². The molecule has 0 aromatic carbocycles. The second kappa shape index (κ2) is 49.7. The summed E-state index contributed by atoms with van der Waals surface area (Å²) in [6, 6.07) is -0.904. The first-order valence-corrected chi connectivity index (χ1v) is 29.4. The molecule has 9 heteroatoms. The van der Waals surface area contributed by atoms with E-state index in [2.05, 4.69) is 92.1 Å². The van der Waals surface area contributed by atoms with Gasteiger partial charge in [-0.05, 0) is 77.0 Å². The first-order chi connectivity index (χ1) is 33.0. The number of nitrogens with zero attached hydrogens (tertiary/aromatic N) is 1. The fourth-order valence-electron chi connectivity index (χ4n) is 7.73. The zero-order chi connectivity index (χ0) is 49.9. The summed E-state index contributed by atoms with van der Waals surface area (Å²) in [7, 11) is 1.24. The molecule has 0 saturated carbocycles. The van der Waals surface area contributed by atoms with Crippen molar-refractivity contribution in [2.24, 2.45) is 0 Å². The van der Waals surface area contributed by atoms with Crippen LogP contribution < -0.4 is 10.2 Å². The normalized spacial score (nSPS) is 14.6. The average Bonchev–Trinajstić information content (AvgIpc) is 3.30. The van der Waals surface area contributed by atoms with E-state index in [0.717, 1.165) is 70.6 Å². The molecule has 0 aliphatic rings. The Bertz CT molecular complexity index is 1380. The van der Waals surface area contributed by atoms with Crippen LogP contribution in [-0.4, -0.2) is 68.5 Å². The molecule has 3 atom stereocenters. The van der Waals surface area contributed by atoms with Crippen LogP contribution in [0.2, 0.25) is 0 Å². The first kappa shape index (κ1) is 65.7. The van der Waals surface area contributed by atoms with Gasteiger partial charge in [-0.25, -0.2) is 0 Å². The number of amides is 1. The fourth-order valence-corrected chi connectivity index (χ4v) is 8.45. The van der Waals surface area contributed by atoms with Gasteiger partial charge in [0.25, 0.3) is 7.82 Å². The standard InChI is InChI=1S/C59H107N2O6P/c1-6-8-10-12-14-16-18-19-20-21-22-23-24-25-26-27-28-29-30-31-32-33-34-35-36-37-38-39-40-41-43-45-47-49-51-53-59(63)60-57(56-67-68(64,65)66-55-54-61(3,4)5)58(62)52-50-48-46-44-42-17-15-13-11-9-7-2/h8,10,14,16,19-20,22-23,25-26,42,44,50,52,57-58,62H,6-7,9,11-13,15,17-18,21,24,27-41,43,45-49,51,53-56H2,1-5H3,(H-,60,63,64,65)/b10-8-,16-14-,20-19-,23-22-,26-25-,44-42+,52-50+. The smallest absolute Gasteiger partial charge is 0.268 e. The van der Waals surface area contributed by atoms with Crippen LogP contribution in [0.15, 0.2) is 85.1 Å². The summed E-state index contributed by atoms with van der Waals surface area (Å²) in [5, 5.41) is 13.8. The molecular weight excluding hydrogens is 864 g/mol. The molecule has 0 fully saturated rings. The number of carbonyl (C=O) groups is 1. The van der Waals surface area contributed by atoms with Crippen molar-refractivity contribution in [2.45, 2.75) is 244 Å². The van der Waals surface area contributed by atoms with E-state index in [4.69, 9.17) is 9.05 Å². The van der Waals surface area contributed by atoms with Crippen LogP contribution in [0.4, 0.5) is 0 Å². The summed E-state index contributed by atoms with van der Waals surface area (Å²) in [6.07, 6.45) is 69.7. The highest BCUT2D eigenvalue weighted by Gasteiger charge is 2.23. The third-order valence-electron chi connectivity index (χ3n) is 12.1. The number of rotatable bonds is 50. The maximum Gasteiger partial charge on any atom is 0.268 e. The first-order valence-electron chi connectivity index (χ1n) is 27.9. The third-order valence-corrected chi connectivity index (χ3v) is 13.1. The molecule has 0 bridgehead atoms. The summed E-state index contributed by atoms with van der Waals surface area (Å²) < 4.78 is 23.2. The highest BCUT2D eigenvalue weighted by atomic mass is 31.2. The Morgan fingerprint density at radius 2 is 0.912 bits per heavy atom. The number of hydrogen-bond acceptors (Lipinski definition) is 6. The SMILES string of the molecule is CC/C=C\C/C=C\C/C=C\C/C=C\C/C=C\CCCCCCCCCCCCCCCCCCCCCC(=O)NC(COP(=O)([O-])OCC[N+](C)(C)C)C(O)/C=C/CC/C=C/CCCCCCC. The van der Waals surface area contributed by atoms with Crippen LogP contribution in [0.1, 0.15) is 232 Å². The number of likely N-dealkylation sites (N-methyl/N-ethyl adjacent to an activating group) is 1. The zero-order valence-electron chi connectivity index (χ0n) is 44.8. The minimum absolute atomic E-state index is 0.00811. The Morgan fingerprint density at radius 3 is 1.37 bits per heavy atom. The molecule has 0 aromatic heterocycles. The van der Waals surface area contributed by atoms with Crippen LogP contribution in [-0.2, 0) is 18.4 Å². The number of allylic oxidation sites excluding steroid dienone is 13. The largest absolute Gasteiger partial charge is 0.756 e. The molecule has 0 spiro atoms. The van der Waals surface area contributed by atoms with Crippen LogP contribution in [0.25, 0.3) is 0 Å². The van der Waals surface area contributed by atoms with Gasteiger partial charge in [0, 0.05) is 6.42 Å². The van der Waals surface area contributed by atoms with Gasteiger partial charge in [0.05, 0.1) is 39.9 Å². The van der Waals surface area contributed by atoms with Gasteiger partial charge >= 0.3 is 0 Å². The summed E-state index contributed by atoms with van der Waals surface area (Å²) in [5.41, 5.74) is 0. The number of phosphoric acid groups is 1. The van der Waals surface area contributed by atoms with Gasteiger partial charge in [-0.3, -0.25) is 9.36 Å². The van der Waals surface area contributed by atoms with E-state index in [1.54, 1.807) is 6.08 Å². The summed E-state index contributed by atoms with van der Waals surface area (Å²) in [6.45, 7) is 4.48. The Kier molecular flexibility index (Phi) is 48.0. The molecule has 394 valence electrons. The minimum Gasteiger partial charge on any atom is -0.756 e. The molecule has 2 N–H and O–H groups in total. The minimum atomic E-state index is -4.60. The molecule has 0 aliphatic heterocycles. The van der Waals surface area contributed by atoms with E-state index in [-0.39, 0.29) is 12.5 Å².